The average molecular weight is 467 g/mol. The second kappa shape index (κ2) is 7.89. The minimum Gasteiger partial charge on any atom is -0.495 e. The third-order valence-electron chi connectivity index (χ3n) is 5.73. The molecule has 0 aromatic carbocycles. The Morgan fingerprint density at radius 2 is 1.82 bits per heavy atom. The number of ketones is 1. The summed E-state index contributed by atoms with van der Waals surface area (Å²) < 4.78 is 5.31. The van der Waals surface area contributed by atoms with E-state index < -0.39 is 0 Å². The molecule has 9 heteroatoms. The zero-order chi connectivity index (χ0) is 23.2. The molecule has 0 aliphatic rings. The number of hydrogen-bond acceptors (Lipinski definition) is 7. The molecule has 2 N–H and O–H groups in total. The summed E-state index contributed by atoms with van der Waals surface area (Å²) in [5.41, 5.74) is 6.02. The topological polar surface area (TPSA) is 109 Å². The molecule has 6 heterocycles. The zero-order valence-corrected chi connectivity index (χ0v) is 19.1. The Kier molecular flexibility index (Phi) is 4.70. The number of methoxy groups -OCH3 is 1. The predicted molar refractivity (Wildman–Crippen MR) is 132 cm³/mol. The third kappa shape index (κ3) is 3.34. The summed E-state index contributed by atoms with van der Waals surface area (Å²) in [5.74, 6) is 0.742. The van der Waals surface area contributed by atoms with Gasteiger partial charge in [0.25, 0.3) is 0 Å². The van der Waals surface area contributed by atoms with Crippen LogP contribution >= 0.6 is 11.3 Å². The highest BCUT2D eigenvalue weighted by atomic mass is 32.1. The van der Waals surface area contributed by atoms with Crippen LogP contribution in [0.4, 0.5) is 0 Å². The van der Waals surface area contributed by atoms with Gasteiger partial charge >= 0.3 is 0 Å². The van der Waals surface area contributed by atoms with Crippen molar-refractivity contribution in [3.63, 3.8) is 0 Å². The Morgan fingerprint density at radius 3 is 2.65 bits per heavy atom. The molecule has 0 saturated carbocycles. The van der Waals surface area contributed by atoms with Crippen LogP contribution in [0.2, 0.25) is 0 Å². The van der Waals surface area contributed by atoms with Crippen molar-refractivity contribution in [3.05, 3.63) is 66.2 Å². The molecule has 0 aliphatic heterocycles. The predicted octanol–water partition coefficient (Wildman–Crippen LogP) is 5.50. The summed E-state index contributed by atoms with van der Waals surface area (Å²) in [7, 11) is 1.62. The number of aromatic nitrogens is 6. The van der Waals surface area contributed by atoms with Crippen molar-refractivity contribution in [2.24, 2.45) is 0 Å². The van der Waals surface area contributed by atoms with Gasteiger partial charge in [-0.3, -0.25) is 19.9 Å². The molecule has 0 bridgehead atoms. The van der Waals surface area contributed by atoms with Crippen molar-refractivity contribution in [1.82, 2.24) is 30.1 Å². The van der Waals surface area contributed by atoms with Gasteiger partial charge in [0.2, 0.25) is 0 Å². The highest BCUT2D eigenvalue weighted by Crippen LogP contribution is 2.36. The molecule has 0 spiro atoms. The second-order valence-electron chi connectivity index (χ2n) is 7.86. The number of nitrogens with zero attached hydrogens (tertiary/aromatic N) is 4. The van der Waals surface area contributed by atoms with Crippen LogP contribution in [0, 0.1) is 0 Å². The Hall–Kier alpha value is -4.37. The molecule has 6 rings (SSSR count). The maximum Gasteiger partial charge on any atom is 0.181 e. The Morgan fingerprint density at radius 1 is 0.971 bits per heavy atom. The number of carbonyl (C=O) groups excluding carboxylic acids is 1. The molecule has 0 atom stereocenters. The van der Waals surface area contributed by atoms with Crippen molar-refractivity contribution in [2.45, 2.75) is 6.92 Å². The van der Waals surface area contributed by atoms with E-state index in [4.69, 9.17) is 4.74 Å². The van der Waals surface area contributed by atoms with E-state index in [2.05, 4.69) is 36.2 Å². The molecular weight excluding hydrogens is 448 g/mol. The van der Waals surface area contributed by atoms with Crippen molar-refractivity contribution < 1.29 is 9.53 Å². The molecule has 8 nitrogen and oxygen atoms in total. The Labute approximate surface area is 197 Å². The highest BCUT2D eigenvalue weighted by Gasteiger charge is 2.16. The lowest BCUT2D eigenvalue weighted by Gasteiger charge is -2.04. The molecule has 0 saturated heterocycles. The fraction of sp³-hybridized carbons (Fsp3) is 0.0800. The molecule has 0 fully saturated rings. The first-order chi connectivity index (χ1) is 16.6. The molecule has 34 heavy (non-hydrogen) atoms. The van der Waals surface area contributed by atoms with Crippen molar-refractivity contribution in [3.8, 4) is 38.7 Å². The zero-order valence-electron chi connectivity index (χ0n) is 18.3. The maximum atomic E-state index is 11.8. The lowest BCUT2D eigenvalue weighted by Crippen LogP contribution is -1.87. The molecule has 6 aromatic heterocycles. The van der Waals surface area contributed by atoms with Gasteiger partial charge in [-0.1, -0.05) is 0 Å². The third-order valence-corrected chi connectivity index (χ3v) is 6.94. The average Bonchev–Trinajstić information content (AvgIpc) is 3.61. The van der Waals surface area contributed by atoms with E-state index in [0.717, 1.165) is 54.1 Å². The number of nitrogens with one attached hydrogen (secondary N) is 2. The summed E-state index contributed by atoms with van der Waals surface area (Å²) in [4.78, 5) is 30.1. The van der Waals surface area contributed by atoms with Crippen molar-refractivity contribution in [1.29, 1.82) is 0 Å². The number of aromatic amines is 2. The van der Waals surface area contributed by atoms with E-state index in [1.165, 1.54) is 11.3 Å². The fourth-order valence-electron chi connectivity index (χ4n) is 4.01. The van der Waals surface area contributed by atoms with Crippen LogP contribution in [0.15, 0.2) is 61.3 Å². The van der Waals surface area contributed by atoms with Gasteiger partial charge in [0.1, 0.15) is 5.75 Å². The van der Waals surface area contributed by atoms with Gasteiger partial charge in [-0.05, 0) is 37.3 Å². The molecular formula is C25H18N6O2S. The number of hydrogen-bond donors (Lipinski definition) is 2. The van der Waals surface area contributed by atoms with Crippen LogP contribution in [0.1, 0.15) is 16.6 Å². The van der Waals surface area contributed by atoms with E-state index in [1.807, 2.05) is 30.5 Å². The first-order valence-corrected chi connectivity index (χ1v) is 11.3. The van der Waals surface area contributed by atoms with Crippen LogP contribution in [-0.4, -0.2) is 43.0 Å². The van der Waals surface area contributed by atoms with Gasteiger partial charge in [0.05, 0.1) is 41.3 Å². The molecule has 0 unspecified atom stereocenters. The number of carbonyl (C=O) groups is 1. The van der Waals surface area contributed by atoms with Crippen LogP contribution in [0.3, 0.4) is 0 Å². The van der Waals surface area contributed by atoms with Crippen molar-refractivity contribution >= 4 is 39.1 Å². The summed E-state index contributed by atoms with van der Waals surface area (Å²) >= 11 is 1.47. The summed E-state index contributed by atoms with van der Waals surface area (Å²) in [6, 6.07) is 9.87. The number of fused-ring (bicyclic) bond motifs is 2. The summed E-state index contributed by atoms with van der Waals surface area (Å²) in [6.07, 6.45) is 8.85. The monoisotopic (exact) mass is 466 g/mol. The minimum absolute atomic E-state index is 0.0598. The van der Waals surface area contributed by atoms with Crippen LogP contribution in [0.25, 0.3) is 54.9 Å². The summed E-state index contributed by atoms with van der Waals surface area (Å²) in [6.45, 7) is 1.58. The van der Waals surface area contributed by atoms with E-state index >= 15 is 0 Å². The number of H-pyrrole nitrogens is 2. The smallest absolute Gasteiger partial charge is 0.181 e. The minimum atomic E-state index is 0.0598. The quantitative estimate of drug-likeness (QED) is 0.325. The van der Waals surface area contributed by atoms with Gasteiger partial charge in [-0.25, -0.2) is 4.98 Å². The lowest BCUT2D eigenvalue weighted by molar-refractivity contribution is 0.102. The lowest BCUT2D eigenvalue weighted by atomic mass is 10.1. The van der Waals surface area contributed by atoms with Crippen LogP contribution in [-0.2, 0) is 0 Å². The van der Waals surface area contributed by atoms with Gasteiger partial charge < -0.3 is 9.72 Å². The Bertz CT molecular complexity index is 1700. The molecule has 6 aromatic rings. The number of thiophene rings is 1. The number of Topliss-reactive ketones (excluding diaryl/α,β-unsaturated/α-hetero) is 1. The van der Waals surface area contributed by atoms with Gasteiger partial charge in [-0.2, -0.15) is 5.10 Å². The number of pyridine rings is 3. The Balaban J connectivity index is 1.47. The maximum absolute atomic E-state index is 11.8. The van der Waals surface area contributed by atoms with Crippen molar-refractivity contribution in [2.75, 3.05) is 7.11 Å². The van der Waals surface area contributed by atoms with E-state index in [0.29, 0.717) is 11.4 Å². The van der Waals surface area contributed by atoms with E-state index in [9.17, 15) is 4.79 Å². The van der Waals surface area contributed by atoms with Crippen LogP contribution in [0.5, 0.6) is 5.75 Å². The fourth-order valence-corrected chi connectivity index (χ4v) is 4.93. The first-order valence-electron chi connectivity index (χ1n) is 10.5. The van der Waals surface area contributed by atoms with Gasteiger partial charge in [0.15, 0.2) is 11.4 Å². The standard InChI is InChI=1S/C25H18N6O2S/c1-13(32)22-3-4-23(34-22)19-11-27-12-21-17(19)7-20(29-21)24-18-6-15(9-28-25(18)31-30-24)14-5-16(33-2)10-26-8-14/h3-12,29H,1-2H3,(H,28,30,31). The second-order valence-corrected chi connectivity index (χ2v) is 8.94. The number of rotatable bonds is 5. The normalized spacial score (nSPS) is 11.4. The van der Waals surface area contributed by atoms with Gasteiger partial charge in [-0.15, -0.1) is 11.3 Å². The SMILES string of the molecule is COc1cncc(-c2cnc3n[nH]c(-c4cc5c(-c6ccc(C(C)=O)s6)cncc5[nH]4)c3c2)c1. The van der Waals surface area contributed by atoms with Crippen LogP contribution < -0.4 is 4.74 Å². The molecule has 166 valence electrons. The van der Waals surface area contributed by atoms with E-state index in [1.54, 1.807) is 38.8 Å². The largest absolute Gasteiger partial charge is 0.495 e. The molecule has 0 amide bonds. The number of ether oxygens (including phenoxy) is 1. The molecule has 0 aliphatic carbocycles. The first kappa shape index (κ1) is 20.3. The van der Waals surface area contributed by atoms with E-state index in [-0.39, 0.29) is 5.78 Å². The molecule has 0 radical (unpaired) electrons. The summed E-state index contributed by atoms with van der Waals surface area (Å²) in [5, 5.41) is 9.42. The van der Waals surface area contributed by atoms with Gasteiger partial charge in [0, 0.05) is 50.9 Å². The highest BCUT2D eigenvalue weighted by molar-refractivity contribution is 7.17.